The maximum Gasteiger partial charge on any atom is 0.236 e. The lowest BCUT2D eigenvalue weighted by Crippen LogP contribution is -2.54. The number of amides is 1. The van der Waals surface area contributed by atoms with Gasteiger partial charge in [0.25, 0.3) is 0 Å². The molecule has 0 radical (unpaired) electrons. The van der Waals surface area contributed by atoms with Crippen LogP contribution in [-0.4, -0.2) is 106 Å². The number of methoxy groups -OCH3 is 1. The maximum atomic E-state index is 12.5. The van der Waals surface area contributed by atoms with Gasteiger partial charge in [0.2, 0.25) is 5.91 Å². The predicted octanol–water partition coefficient (Wildman–Crippen LogP) is 1.19. The lowest BCUT2D eigenvalue weighted by Gasteiger charge is -2.37. The number of guanidine groups is 1. The van der Waals surface area contributed by atoms with Gasteiger partial charge < -0.3 is 29.3 Å². The van der Waals surface area contributed by atoms with Crippen LogP contribution in [0.5, 0.6) is 11.5 Å². The van der Waals surface area contributed by atoms with E-state index in [2.05, 4.69) is 39.2 Å². The number of carbonyl (C=O) groups is 1. The first kappa shape index (κ1) is 25.8. The molecule has 1 amide bonds. The molecule has 0 saturated carbocycles. The normalized spacial score (nSPS) is 21.2. The number of fused-ring (bicyclic) bond motifs is 1. The molecule has 10 heteroatoms. The van der Waals surface area contributed by atoms with Gasteiger partial charge in [-0.05, 0) is 19.1 Å². The largest absolute Gasteiger partial charge is 0.496 e. The Morgan fingerprint density at radius 2 is 1.88 bits per heavy atom. The van der Waals surface area contributed by atoms with Gasteiger partial charge in [-0.25, -0.2) is 0 Å². The Morgan fingerprint density at radius 1 is 1.15 bits per heavy atom. The van der Waals surface area contributed by atoms with Gasteiger partial charge in [0, 0.05) is 70.4 Å². The van der Waals surface area contributed by atoms with Gasteiger partial charge >= 0.3 is 0 Å². The van der Waals surface area contributed by atoms with Gasteiger partial charge in [-0.2, -0.15) is 0 Å². The molecule has 4 rings (SSSR count). The van der Waals surface area contributed by atoms with Crippen LogP contribution in [0.15, 0.2) is 17.1 Å². The van der Waals surface area contributed by atoms with Crippen LogP contribution < -0.4 is 14.8 Å². The van der Waals surface area contributed by atoms with Gasteiger partial charge in [0.15, 0.2) is 5.96 Å². The minimum absolute atomic E-state index is 0. The highest BCUT2D eigenvalue weighted by Crippen LogP contribution is 2.34. The van der Waals surface area contributed by atoms with Crippen molar-refractivity contribution in [2.75, 3.05) is 73.2 Å². The predicted molar refractivity (Wildman–Crippen MR) is 138 cm³/mol. The van der Waals surface area contributed by atoms with Gasteiger partial charge in [-0.3, -0.25) is 14.7 Å². The zero-order valence-electron chi connectivity index (χ0n) is 19.8. The average molecular weight is 573 g/mol. The summed E-state index contributed by atoms with van der Waals surface area (Å²) in [5.41, 5.74) is 2.25. The molecule has 2 fully saturated rings. The highest BCUT2D eigenvalue weighted by Gasteiger charge is 2.25. The molecular weight excluding hydrogens is 537 g/mol. The molecule has 0 bridgehead atoms. The van der Waals surface area contributed by atoms with Crippen LogP contribution in [-0.2, 0) is 22.5 Å². The highest BCUT2D eigenvalue weighted by atomic mass is 127. The van der Waals surface area contributed by atoms with Crippen LogP contribution in [0.1, 0.15) is 18.1 Å². The lowest BCUT2D eigenvalue weighted by atomic mass is 10.1. The number of piperazine rings is 1. The van der Waals surface area contributed by atoms with Crippen molar-refractivity contribution in [3.8, 4) is 11.5 Å². The summed E-state index contributed by atoms with van der Waals surface area (Å²) in [6, 6.07) is 4.16. The molecule has 3 heterocycles. The third-order valence-corrected chi connectivity index (χ3v) is 6.34. The minimum atomic E-state index is 0. The first-order valence-electron chi connectivity index (χ1n) is 11.5. The van der Waals surface area contributed by atoms with Crippen molar-refractivity contribution in [2.24, 2.45) is 4.99 Å². The van der Waals surface area contributed by atoms with E-state index >= 15 is 0 Å². The molecular formula is C23H36IN5O4. The lowest BCUT2D eigenvalue weighted by molar-refractivity contribution is -0.136. The molecule has 0 spiro atoms. The Bertz CT molecular complexity index is 838. The number of benzene rings is 1. The molecule has 3 aliphatic rings. The summed E-state index contributed by atoms with van der Waals surface area (Å²) in [6.45, 7) is 9.19. The van der Waals surface area contributed by atoms with Crippen molar-refractivity contribution < 1.29 is 19.0 Å². The van der Waals surface area contributed by atoms with E-state index in [1.54, 1.807) is 14.2 Å². The number of hydrogen-bond donors (Lipinski definition) is 1. The van der Waals surface area contributed by atoms with Gasteiger partial charge in [-0.15, -0.1) is 24.0 Å². The summed E-state index contributed by atoms with van der Waals surface area (Å²) < 4.78 is 16.9. The fourth-order valence-corrected chi connectivity index (χ4v) is 4.54. The zero-order valence-corrected chi connectivity index (χ0v) is 22.2. The summed E-state index contributed by atoms with van der Waals surface area (Å²) >= 11 is 0. The van der Waals surface area contributed by atoms with E-state index in [0.717, 1.165) is 55.6 Å². The number of ether oxygens (including phenoxy) is 3. The van der Waals surface area contributed by atoms with Crippen molar-refractivity contribution in [1.29, 1.82) is 0 Å². The molecule has 1 unspecified atom stereocenters. The van der Waals surface area contributed by atoms with Crippen molar-refractivity contribution in [1.82, 2.24) is 20.0 Å². The van der Waals surface area contributed by atoms with Crippen LogP contribution >= 0.6 is 24.0 Å². The van der Waals surface area contributed by atoms with Crippen molar-refractivity contribution in [3.05, 3.63) is 23.3 Å². The maximum absolute atomic E-state index is 12.5. The first-order chi connectivity index (χ1) is 15.6. The molecule has 1 N–H and O–H groups in total. The summed E-state index contributed by atoms with van der Waals surface area (Å²) in [5.74, 6) is 2.88. The van der Waals surface area contributed by atoms with E-state index in [0.29, 0.717) is 39.4 Å². The Balaban J connectivity index is 0.00000306. The molecule has 0 aromatic heterocycles. The SMILES string of the molecule is CN=C(NCc1cc2c(cc1OC)CC(C)O2)N1CCN(CC(=O)N2CCOCC2)CC1.I. The summed E-state index contributed by atoms with van der Waals surface area (Å²) in [4.78, 5) is 23.4. The topological polar surface area (TPSA) is 78.9 Å². The second-order valence-corrected chi connectivity index (χ2v) is 8.56. The Morgan fingerprint density at radius 3 is 2.55 bits per heavy atom. The number of morpholine rings is 1. The van der Waals surface area contributed by atoms with E-state index in [-0.39, 0.29) is 36.0 Å². The molecule has 0 aliphatic carbocycles. The third kappa shape index (κ3) is 6.42. The van der Waals surface area contributed by atoms with Crippen LogP contribution in [0.3, 0.4) is 0 Å². The van der Waals surface area contributed by atoms with Crippen molar-refractivity contribution in [2.45, 2.75) is 26.0 Å². The fourth-order valence-electron chi connectivity index (χ4n) is 4.54. The molecule has 1 aromatic rings. The molecule has 33 heavy (non-hydrogen) atoms. The van der Waals surface area contributed by atoms with Gasteiger partial charge in [0.05, 0.1) is 26.9 Å². The zero-order chi connectivity index (χ0) is 22.5. The number of aliphatic imine (C=N–C) groups is 1. The van der Waals surface area contributed by atoms with Crippen molar-refractivity contribution >= 4 is 35.8 Å². The Kier molecular flexibility index (Phi) is 9.45. The first-order valence-corrected chi connectivity index (χ1v) is 11.5. The second-order valence-electron chi connectivity index (χ2n) is 8.56. The molecule has 1 aromatic carbocycles. The third-order valence-electron chi connectivity index (χ3n) is 6.34. The van der Waals surface area contributed by atoms with Crippen LogP contribution in [0.2, 0.25) is 0 Å². The van der Waals surface area contributed by atoms with E-state index in [9.17, 15) is 4.79 Å². The van der Waals surface area contributed by atoms with Crippen molar-refractivity contribution in [3.63, 3.8) is 0 Å². The van der Waals surface area contributed by atoms with E-state index < -0.39 is 0 Å². The van der Waals surface area contributed by atoms with Crippen LogP contribution in [0.4, 0.5) is 0 Å². The Hall–Kier alpha value is -1.79. The molecule has 1 atom stereocenters. The van der Waals surface area contributed by atoms with E-state index in [4.69, 9.17) is 14.2 Å². The van der Waals surface area contributed by atoms with Gasteiger partial charge in [0.1, 0.15) is 17.6 Å². The highest BCUT2D eigenvalue weighted by molar-refractivity contribution is 14.0. The Labute approximate surface area is 213 Å². The number of carbonyl (C=O) groups excluding carboxylic acids is 1. The van der Waals surface area contributed by atoms with E-state index in [1.807, 2.05) is 4.90 Å². The number of hydrogen-bond acceptors (Lipinski definition) is 6. The molecule has 3 aliphatic heterocycles. The van der Waals surface area contributed by atoms with Crippen LogP contribution in [0.25, 0.3) is 0 Å². The molecule has 2 saturated heterocycles. The summed E-state index contributed by atoms with van der Waals surface area (Å²) in [7, 11) is 3.51. The molecule has 9 nitrogen and oxygen atoms in total. The molecule has 184 valence electrons. The monoisotopic (exact) mass is 573 g/mol. The number of rotatable bonds is 5. The smallest absolute Gasteiger partial charge is 0.236 e. The average Bonchev–Trinajstić information content (AvgIpc) is 3.19. The minimum Gasteiger partial charge on any atom is -0.496 e. The van der Waals surface area contributed by atoms with Gasteiger partial charge in [-0.1, -0.05) is 0 Å². The summed E-state index contributed by atoms with van der Waals surface area (Å²) in [6.07, 6.45) is 1.12. The quantitative estimate of drug-likeness (QED) is 0.322. The number of nitrogens with one attached hydrogen (secondary N) is 1. The standard InChI is InChI=1S/C23H35N5O4.HI/c1-17-12-18-13-20(30-3)19(14-21(18)32-17)15-25-23(24-2)28-6-4-26(5-7-28)16-22(29)27-8-10-31-11-9-27;/h13-14,17H,4-12,15-16H2,1-3H3,(H,24,25);1H. The summed E-state index contributed by atoms with van der Waals surface area (Å²) in [5, 5.41) is 3.47. The number of halogens is 1. The number of nitrogens with zero attached hydrogens (tertiary/aromatic N) is 4. The fraction of sp³-hybridized carbons (Fsp3) is 0.652. The van der Waals surface area contributed by atoms with E-state index in [1.165, 1.54) is 5.56 Å². The second kappa shape index (κ2) is 12.1. The van der Waals surface area contributed by atoms with Crippen LogP contribution in [0, 0.1) is 0 Å².